The summed E-state index contributed by atoms with van der Waals surface area (Å²) in [5.74, 6) is 2.12. The van der Waals surface area contributed by atoms with Crippen LogP contribution in [-0.2, 0) is 17.8 Å². The van der Waals surface area contributed by atoms with E-state index in [0.717, 1.165) is 44.0 Å². The lowest BCUT2D eigenvalue weighted by Crippen LogP contribution is -2.42. The number of hydrogen-bond donors (Lipinski definition) is 1. The van der Waals surface area contributed by atoms with Crippen LogP contribution in [0.15, 0.2) is 36.5 Å². The maximum absolute atomic E-state index is 13.0. The molecule has 7 nitrogen and oxygen atoms in total. The van der Waals surface area contributed by atoms with E-state index in [1.54, 1.807) is 0 Å². The number of benzene rings is 1. The molecule has 3 heterocycles. The number of carbonyl (C=O) groups excluding carboxylic acids is 1. The molecule has 0 saturated carbocycles. The Morgan fingerprint density at radius 1 is 1.20 bits per heavy atom. The quantitative estimate of drug-likeness (QED) is 0.681. The highest BCUT2D eigenvalue weighted by molar-refractivity contribution is 5.78. The van der Waals surface area contributed by atoms with E-state index in [4.69, 9.17) is 0 Å². The Bertz CT molecular complexity index is 984. The molecular weight excluding hydrogens is 376 g/mol. The van der Waals surface area contributed by atoms with Gasteiger partial charge in [0.1, 0.15) is 11.6 Å². The molecule has 7 heteroatoms. The van der Waals surface area contributed by atoms with Crippen molar-refractivity contribution in [2.24, 2.45) is 5.92 Å². The summed E-state index contributed by atoms with van der Waals surface area (Å²) in [4.78, 5) is 19.3. The number of aryl methyl sites for hydroxylation is 2. The maximum atomic E-state index is 13.0. The molecule has 1 amide bonds. The molecule has 0 bridgehead atoms. The minimum Gasteiger partial charge on any atom is -0.342 e. The number of hydrogen-bond acceptors (Lipinski definition) is 4. The molecule has 3 aromatic rings. The second-order valence-electron chi connectivity index (χ2n) is 8.36. The van der Waals surface area contributed by atoms with Crippen molar-refractivity contribution in [1.29, 1.82) is 0 Å². The number of piperidine rings is 1. The number of amides is 1. The summed E-state index contributed by atoms with van der Waals surface area (Å²) in [7, 11) is 0. The van der Waals surface area contributed by atoms with Crippen LogP contribution in [0.5, 0.6) is 0 Å². The van der Waals surface area contributed by atoms with Gasteiger partial charge in [-0.25, -0.2) is 9.67 Å². The molecule has 0 radical (unpaired) electrons. The Morgan fingerprint density at radius 2 is 1.93 bits per heavy atom. The van der Waals surface area contributed by atoms with E-state index in [0.29, 0.717) is 12.5 Å². The van der Waals surface area contributed by atoms with Gasteiger partial charge < -0.3 is 4.90 Å². The zero-order valence-electron chi connectivity index (χ0n) is 18.0. The molecule has 1 fully saturated rings. The fraction of sp³-hybridized carbons (Fsp3) is 0.478. The summed E-state index contributed by atoms with van der Waals surface area (Å²) in [6.45, 7) is 7.94. The largest absolute Gasteiger partial charge is 0.342 e. The van der Waals surface area contributed by atoms with Crippen molar-refractivity contribution in [2.45, 2.75) is 52.5 Å². The Morgan fingerprint density at radius 3 is 2.60 bits per heavy atom. The smallest absolute Gasteiger partial charge is 0.227 e. The van der Waals surface area contributed by atoms with Gasteiger partial charge >= 0.3 is 0 Å². The van der Waals surface area contributed by atoms with E-state index in [1.807, 2.05) is 42.6 Å². The van der Waals surface area contributed by atoms with E-state index in [1.165, 1.54) is 16.8 Å². The molecule has 158 valence electrons. The second-order valence-corrected chi connectivity index (χ2v) is 8.36. The van der Waals surface area contributed by atoms with Gasteiger partial charge in [0.05, 0.1) is 18.7 Å². The molecule has 4 rings (SSSR count). The number of rotatable bonds is 6. The lowest BCUT2D eigenvalue weighted by molar-refractivity contribution is -0.136. The average molecular weight is 407 g/mol. The van der Waals surface area contributed by atoms with Gasteiger partial charge in [-0.15, -0.1) is 0 Å². The van der Waals surface area contributed by atoms with Gasteiger partial charge in [0.25, 0.3) is 0 Å². The number of aromatic amines is 1. The summed E-state index contributed by atoms with van der Waals surface area (Å²) in [6, 6.07) is 10.5. The average Bonchev–Trinajstić information content (AvgIpc) is 3.34. The molecular formula is C23H30N6O. The van der Waals surface area contributed by atoms with Gasteiger partial charge in [0, 0.05) is 31.1 Å². The van der Waals surface area contributed by atoms with Gasteiger partial charge in [-0.3, -0.25) is 9.89 Å². The number of nitrogens with zero attached hydrogens (tertiary/aromatic N) is 5. The van der Waals surface area contributed by atoms with Gasteiger partial charge in [-0.05, 0) is 37.8 Å². The molecule has 0 spiro atoms. The topological polar surface area (TPSA) is 79.7 Å². The molecule has 30 heavy (non-hydrogen) atoms. The van der Waals surface area contributed by atoms with Crippen molar-refractivity contribution in [2.75, 3.05) is 13.1 Å². The highest BCUT2D eigenvalue weighted by atomic mass is 16.2. The third kappa shape index (κ3) is 4.45. The molecule has 1 N–H and O–H groups in total. The predicted octanol–water partition coefficient (Wildman–Crippen LogP) is 3.25. The first kappa shape index (κ1) is 20.3. The van der Waals surface area contributed by atoms with Crippen LogP contribution >= 0.6 is 0 Å². The van der Waals surface area contributed by atoms with Crippen LogP contribution in [0.2, 0.25) is 0 Å². The minimum absolute atomic E-state index is 0.109. The van der Waals surface area contributed by atoms with Crippen molar-refractivity contribution in [3.05, 3.63) is 65.0 Å². The van der Waals surface area contributed by atoms with Crippen molar-refractivity contribution in [3.8, 4) is 0 Å². The molecule has 0 aliphatic carbocycles. The first-order valence-corrected chi connectivity index (χ1v) is 10.7. The van der Waals surface area contributed by atoms with Gasteiger partial charge in [0.15, 0.2) is 0 Å². The lowest BCUT2D eigenvalue weighted by Gasteiger charge is -2.33. The minimum atomic E-state index is -0.109. The highest BCUT2D eigenvalue weighted by Gasteiger charge is 2.29. The Kier molecular flexibility index (Phi) is 5.97. The number of aromatic nitrogens is 5. The Labute approximate surface area is 177 Å². The van der Waals surface area contributed by atoms with Crippen LogP contribution in [0, 0.1) is 19.8 Å². The normalized spacial score (nSPS) is 16.0. The first-order chi connectivity index (χ1) is 14.5. The van der Waals surface area contributed by atoms with Crippen LogP contribution in [0.1, 0.15) is 54.2 Å². The third-order valence-corrected chi connectivity index (χ3v) is 6.03. The second kappa shape index (κ2) is 8.81. The summed E-state index contributed by atoms with van der Waals surface area (Å²) < 4.78 is 1.84. The molecule has 1 aliphatic heterocycles. The highest BCUT2D eigenvalue weighted by Crippen LogP contribution is 2.30. The molecule has 0 unspecified atom stereocenters. The number of likely N-dealkylation sites (tertiary alicyclic amines) is 1. The fourth-order valence-corrected chi connectivity index (χ4v) is 4.40. The SMILES string of the molecule is Cc1nc(C)n(C[C@@H](C)C(=O)N2CCC(c3[nH]ncc3Cc3ccccc3)CC2)n1. The molecule has 1 aliphatic rings. The number of carbonyl (C=O) groups is 1. The zero-order chi connectivity index (χ0) is 21.1. The monoisotopic (exact) mass is 406 g/mol. The maximum Gasteiger partial charge on any atom is 0.227 e. The summed E-state index contributed by atoms with van der Waals surface area (Å²) in [6.07, 6.45) is 4.76. The van der Waals surface area contributed by atoms with E-state index in [-0.39, 0.29) is 11.8 Å². The van der Waals surface area contributed by atoms with Crippen molar-refractivity contribution in [3.63, 3.8) is 0 Å². The predicted molar refractivity (Wildman–Crippen MR) is 115 cm³/mol. The van der Waals surface area contributed by atoms with E-state index in [2.05, 4.69) is 44.5 Å². The van der Waals surface area contributed by atoms with E-state index >= 15 is 0 Å². The van der Waals surface area contributed by atoms with E-state index in [9.17, 15) is 4.79 Å². The van der Waals surface area contributed by atoms with Crippen LogP contribution in [0.25, 0.3) is 0 Å². The Hall–Kier alpha value is -2.96. The molecule has 1 atom stereocenters. The summed E-state index contributed by atoms with van der Waals surface area (Å²) in [5, 5.41) is 11.9. The van der Waals surface area contributed by atoms with Crippen molar-refractivity contribution >= 4 is 5.91 Å². The van der Waals surface area contributed by atoms with Gasteiger partial charge in [-0.2, -0.15) is 10.2 Å². The standard InChI is InChI=1S/C23H30N6O/c1-16(15-29-18(3)25-17(2)27-29)23(30)28-11-9-20(10-12-28)22-21(14-24-26-22)13-19-7-5-4-6-8-19/h4-8,14,16,20H,9-13,15H2,1-3H3,(H,24,26)/t16-/m1/s1. The summed E-state index contributed by atoms with van der Waals surface area (Å²) >= 11 is 0. The molecule has 1 saturated heterocycles. The fourth-order valence-electron chi connectivity index (χ4n) is 4.40. The van der Waals surface area contributed by atoms with Crippen LogP contribution < -0.4 is 0 Å². The lowest BCUT2D eigenvalue weighted by atomic mass is 9.89. The van der Waals surface area contributed by atoms with Crippen LogP contribution in [-0.4, -0.2) is 48.9 Å². The van der Waals surface area contributed by atoms with Crippen molar-refractivity contribution in [1.82, 2.24) is 29.9 Å². The zero-order valence-corrected chi connectivity index (χ0v) is 18.0. The Balaban J connectivity index is 1.34. The van der Waals surface area contributed by atoms with Crippen LogP contribution in [0.3, 0.4) is 0 Å². The third-order valence-electron chi connectivity index (χ3n) is 6.03. The molecule has 1 aromatic carbocycles. The molecule has 2 aromatic heterocycles. The van der Waals surface area contributed by atoms with Crippen molar-refractivity contribution < 1.29 is 4.79 Å². The van der Waals surface area contributed by atoms with Gasteiger partial charge in [-0.1, -0.05) is 37.3 Å². The number of H-pyrrole nitrogens is 1. The van der Waals surface area contributed by atoms with Gasteiger partial charge in [0.2, 0.25) is 5.91 Å². The van der Waals surface area contributed by atoms with Crippen LogP contribution in [0.4, 0.5) is 0 Å². The van der Waals surface area contributed by atoms with E-state index < -0.39 is 0 Å². The first-order valence-electron chi connectivity index (χ1n) is 10.7. The number of nitrogens with one attached hydrogen (secondary N) is 1. The summed E-state index contributed by atoms with van der Waals surface area (Å²) in [5.41, 5.74) is 3.78.